The number of hydrogen-bond acceptors (Lipinski definition) is 5. The van der Waals surface area contributed by atoms with Crippen molar-refractivity contribution in [1.29, 1.82) is 0 Å². The summed E-state index contributed by atoms with van der Waals surface area (Å²) in [5, 5.41) is 0. The van der Waals surface area contributed by atoms with Crippen LogP contribution in [0.4, 0.5) is 17.5 Å². The van der Waals surface area contributed by atoms with E-state index >= 15 is 0 Å². The first-order valence-corrected chi connectivity index (χ1v) is 2.52. The van der Waals surface area contributed by atoms with E-state index in [1.807, 2.05) is 0 Å². The zero-order chi connectivity index (χ0) is 7.72. The summed E-state index contributed by atoms with van der Waals surface area (Å²) >= 11 is 0. The third-order valence-corrected chi connectivity index (χ3v) is 1.00. The zero-order valence-corrected chi connectivity index (χ0v) is 8.76. The Morgan fingerprint density at radius 2 is 1.54 bits per heavy atom. The van der Waals surface area contributed by atoms with Crippen molar-refractivity contribution >= 4 is 54.7 Å². The highest BCUT2D eigenvalue weighted by atomic mass is 35.5. The number of halogens is 3. The van der Waals surface area contributed by atoms with Crippen molar-refractivity contribution in [2.75, 3.05) is 17.2 Å². The Morgan fingerprint density at radius 1 is 1.08 bits per heavy atom. The third kappa shape index (κ3) is 4.07. The van der Waals surface area contributed by atoms with Crippen LogP contribution in [0.5, 0.6) is 0 Å². The highest BCUT2D eigenvalue weighted by molar-refractivity contribution is 5.86. The molecule has 0 amide bonds. The Kier molecular flexibility index (Phi) is 9.22. The molecule has 0 aliphatic heterocycles. The largest absolute Gasteiger partial charge is 0.391 e. The highest BCUT2D eigenvalue weighted by Gasteiger charge is 2.00. The fraction of sp³-hybridized carbons (Fsp3) is 0. The van der Waals surface area contributed by atoms with Gasteiger partial charge in [-0.3, -0.25) is 9.78 Å². The molecule has 0 bridgehead atoms. The van der Waals surface area contributed by atoms with Crippen molar-refractivity contribution in [3.63, 3.8) is 0 Å². The molecule has 1 rings (SSSR count). The van der Waals surface area contributed by atoms with E-state index in [2.05, 4.69) is 9.97 Å². The smallest absolute Gasteiger partial charge is 0.277 e. The number of rotatable bonds is 0. The van der Waals surface area contributed by atoms with Crippen LogP contribution in [0, 0.1) is 0 Å². The lowest BCUT2D eigenvalue weighted by Crippen LogP contribution is -2.17. The number of nitrogen functional groups attached to an aromatic ring is 3. The summed E-state index contributed by atoms with van der Waals surface area (Å²) in [7, 11) is 0. The van der Waals surface area contributed by atoms with Gasteiger partial charge in [0, 0.05) is 0 Å². The molecule has 7 N–H and O–H groups in total. The Balaban J connectivity index is -0.000000333. The minimum absolute atomic E-state index is 0. The molecule has 0 aromatic carbocycles. The van der Waals surface area contributed by atoms with E-state index in [0.29, 0.717) is 0 Å². The second-order valence-corrected chi connectivity index (χ2v) is 1.75. The van der Waals surface area contributed by atoms with Gasteiger partial charge < -0.3 is 17.2 Å². The topological polar surface area (TPSA) is 124 Å². The molecule has 0 spiro atoms. The second-order valence-electron chi connectivity index (χ2n) is 1.75. The average molecular weight is 251 g/mol. The Bertz CT molecular complexity index is 313. The van der Waals surface area contributed by atoms with Crippen molar-refractivity contribution in [3.05, 3.63) is 10.4 Å². The molecular weight excluding hydrogens is 240 g/mol. The molecule has 9 heteroatoms. The van der Waals surface area contributed by atoms with Gasteiger partial charge in [0.15, 0.2) is 5.82 Å². The van der Waals surface area contributed by atoms with Gasteiger partial charge in [-0.2, -0.15) is 4.98 Å². The first-order chi connectivity index (χ1) is 4.61. The summed E-state index contributed by atoms with van der Waals surface area (Å²) in [5.41, 5.74) is 14.9. The third-order valence-electron chi connectivity index (χ3n) is 1.00. The van der Waals surface area contributed by atoms with Crippen LogP contribution in [-0.2, 0) is 0 Å². The van der Waals surface area contributed by atoms with Crippen LogP contribution < -0.4 is 22.8 Å². The van der Waals surface area contributed by atoms with Crippen LogP contribution in [0.25, 0.3) is 0 Å². The molecule has 0 atom stereocenters. The number of H-pyrrole nitrogens is 1. The Labute approximate surface area is 92.5 Å². The number of aromatic nitrogens is 2. The number of nitrogens with one attached hydrogen (secondary N) is 1. The molecule has 0 fully saturated rings. The molecule has 0 saturated heterocycles. The molecular formula is C4H10Cl3N5O. The normalized spacial score (nSPS) is 7.38. The molecule has 0 aliphatic rings. The van der Waals surface area contributed by atoms with Crippen LogP contribution in [-0.4, -0.2) is 9.97 Å². The summed E-state index contributed by atoms with van der Waals surface area (Å²) in [6.07, 6.45) is 0. The van der Waals surface area contributed by atoms with Gasteiger partial charge in [-0.25, -0.2) is 0 Å². The molecule has 78 valence electrons. The first kappa shape index (κ1) is 18.0. The van der Waals surface area contributed by atoms with Gasteiger partial charge in [0.1, 0.15) is 5.69 Å². The highest BCUT2D eigenvalue weighted by Crippen LogP contribution is 2.02. The van der Waals surface area contributed by atoms with Crippen LogP contribution in [0.2, 0.25) is 0 Å². The fourth-order valence-corrected chi connectivity index (χ4v) is 0.518. The van der Waals surface area contributed by atoms with Crippen LogP contribution >= 0.6 is 37.2 Å². The quantitative estimate of drug-likeness (QED) is 0.507. The molecule has 1 aromatic rings. The van der Waals surface area contributed by atoms with Crippen molar-refractivity contribution in [2.24, 2.45) is 0 Å². The Hall–Kier alpha value is -0.850. The Morgan fingerprint density at radius 3 is 1.92 bits per heavy atom. The maximum Gasteiger partial charge on any atom is 0.277 e. The second kappa shape index (κ2) is 6.64. The standard InChI is InChI=1S/C4H7N5O.3ClH/c5-1-2(6)8-4(7)9-3(1)10;;;/h5H2,(H5,6,7,8,9,10);3*1H. The minimum atomic E-state index is -0.509. The summed E-state index contributed by atoms with van der Waals surface area (Å²) in [6, 6.07) is 0. The van der Waals surface area contributed by atoms with Crippen molar-refractivity contribution in [3.8, 4) is 0 Å². The fourth-order valence-electron chi connectivity index (χ4n) is 0.518. The average Bonchev–Trinajstić information content (AvgIpc) is 1.82. The molecule has 1 aromatic heterocycles. The van der Waals surface area contributed by atoms with Gasteiger partial charge in [0.25, 0.3) is 5.56 Å². The summed E-state index contributed by atoms with van der Waals surface area (Å²) in [5.74, 6) is -0.0713. The van der Waals surface area contributed by atoms with Crippen molar-refractivity contribution in [2.45, 2.75) is 0 Å². The molecule has 6 nitrogen and oxygen atoms in total. The zero-order valence-electron chi connectivity index (χ0n) is 6.31. The summed E-state index contributed by atoms with van der Waals surface area (Å²) < 4.78 is 0. The molecule has 0 unspecified atom stereocenters. The van der Waals surface area contributed by atoms with E-state index in [0.717, 1.165) is 0 Å². The predicted molar refractivity (Wildman–Crippen MR) is 59.8 cm³/mol. The molecule has 0 aliphatic carbocycles. The van der Waals surface area contributed by atoms with Crippen molar-refractivity contribution in [1.82, 2.24) is 9.97 Å². The van der Waals surface area contributed by atoms with E-state index in [9.17, 15) is 4.79 Å². The maximum atomic E-state index is 10.7. The van der Waals surface area contributed by atoms with Gasteiger partial charge in [0.2, 0.25) is 5.95 Å². The maximum absolute atomic E-state index is 10.7. The number of nitrogens with zero attached hydrogens (tertiary/aromatic N) is 1. The number of hydrogen-bond donors (Lipinski definition) is 4. The van der Waals surface area contributed by atoms with Crippen LogP contribution in [0.3, 0.4) is 0 Å². The molecule has 13 heavy (non-hydrogen) atoms. The van der Waals surface area contributed by atoms with E-state index in [1.165, 1.54) is 0 Å². The number of nitrogens with two attached hydrogens (primary N) is 3. The lowest BCUT2D eigenvalue weighted by molar-refractivity contribution is 1.15. The van der Waals surface area contributed by atoms with E-state index in [1.54, 1.807) is 0 Å². The van der Waals surface area contributed by atoms with Crippen LogP contribution in [0.15, 0.2) is 4.79 Å². The van der Waals surface area contributed by atoms with Gasteiger partial charge in [-0.05, 0) is 0 Å². The van der Waals surface area contributed by atoms with E-state index < -0.39 is 5.56 Å². The molecule has 0 saturated carbocycles. The van der Waals surface area contributed by atoms with Crippen molar-refractivity contribution < 1.29 is 0 Å². The van der Waals surface area contributed by atoms with Crippen LogP contribution in [0.1, 0.15) is 0 Å². The SMILES string of the molecule is Cl.Cl.Cl.Nc1nc(N)c(N)c(=O)[nH]1. The van der Waals surface area contributed by atoms with E-state index in [-0.39, 0.29) is 54.7 Å². The lowest BCUT2D eigenvalue weighted by atomic mass is 10.5. The number of anilines is 3. The monoisotopic (exact) mass is 249 g/mol. The molecule has 0 radical (unpaired) electrons. The van der Waals surface area contributed by atoms with E-state index in [4.69, 9.17) is 17.2 Å². The first-order valence-electron chi connectivity index (χ1n) is 2.52. The van der Waals surface area contributed by atoms with Gasteiger partial charge >= 0.3 is 0 Å². The predicted octanol–water partition coefficient (Wildman–Crippen LogP) is -0.218. The number of aromatic amines is 1. The summed E-state index contributed by atoms with van der Waals surface area (Å²) in [4.78, 5) is 16.4. The molecule has 1 heterocycles. The van der Waals surface area contributed by atoms with Gasteiger partial charge in [-0.1, -0.05) is 0 Å². The summed E-state index contributed by atoms with van der Waals surface area (Å²) in [6.45, 7) is 0. The van der Waals surface area contributed by atoms with Gasteiger partial charge in [-0.15, -0.1) is 37.2 Å². The minimum Gasteiger partial charge on any atom is -0.391 e. The lowest BCUT2D eigenvalue weighted by Gasteiger charge is -1.96. The van der Waals surface area contributed by atoms with Gasteiger partial charge in [0.05, 0.1) is 0 Å².